The van der Waals surface area contributed by atoms with E-state index >= 15 is 0 Å². The largest absolute Gasteiger partial charge is 0.300 e. The third-order valence-electron chi connectivity index (χ3n) is 3.98. The van der Waals surface area contributed by atoms with Crippen LogP contribution in [0.2, 0.25) is 0 Å². The van der Waals surface area contributed by atoms with Gasteiger partial charge in [-0.3, -0.25) is 9.59 Å². The van der Waals surface area contributed by atoms with E-state index in [0.29, 0.717) is 6.42 Å². The number of ketones is 2. The lowest BCUT2D eigenvalue weighted by molar-refractivity contribution is -0.123. The zero-order valence-electron chi connectivity index (χ0n) is 11.8. The Hall–Kier alpha value is -1.96. The van der Waals surface area contributed by atoms with E-state index in [1.54, 1.807) is 13.0 Å². The highest BCUT2D eigenvalue weighted by atomic mass is 16.1. The molecule has 0 saturated heterocycles. The van der Waals surface area contributed by atoms with Gasteiger partial charge in [-0.2, -0.15) is 0 Å². The van der Waals surface area contributed by atoms with Crippen LogP contribution in [0.4, 0.5) is 0 Å². The number of carbonyl (C=O) groups is 2. The van der Waals surface area contributed by atoms with Gasteiger partial charge < -0.3 is 0 Å². The quantitative estimate of drug-likeness (QED) is 0.614. The average Bonchev–Trinajstić information content (AvgIpc) is 2.46. The lowest BCUT2D eigenvalue weighted by atomic mass is 9.75. The molecular weight excluding hydrogens is 248 g/mol. The summed E-state index contributed by atoms with van der Waals surface area (Å²) < 4.78 is 0. The predicted octanol–water partition coefficient (Wildman–Crippen LogP) is 3.83. The molecule has 0 radical (unpaired) electrons. The van der Waals surface area contributed by atoms with Crippen LogP contribution in [0.5, 0.6) is 0 Å². The van der Waals surface area contributed by atoms with Gasteiger partial charge >= 0.3 is 0 Å². The zero-order valence-corrected chi connectivity index (χ0v) is 11.8. The molecule has 1 fully saturated rings. The Morgan fingerprint density at radius 1 is 1.25 bits per heavy atom. The van der Waals surface area contributed by atoms with Crippen LogP contribution in [-0.2, 0) is 9.59 Å². The highest BCUT2D eigenvalue weighted by Gasteiger charge is 2.30. The van der Waals surface area contributed by atoms with Gasteiger partial charge in [-0.1, -0.05) is 48.6 Å². The van der Waals surface area contributed by atoms with E-state index in [9.17, 15) is 9.59 Å². The Bertz CT molecular complexity index is 540. The van der Waals surface area contributed by atoms with Gasteiger partial charge in [0, 0.05) is 11.8 Å². The van der Waals surface area contributed by atoms with Crippen LogP contribution < -0.4 is 0 Å². The molecule has 1 aromatic rings. The van der Waals surface area contributed by atoms with E-state index in [4.69, 9.17) is 0 Å². The molecule has 0 heterocycles. The lowest BCUT2D eigenvalue weighted by Crippen LogP contribution is -2.27. The van der Waals surface area contributed by atoms with Crippen LogP contribution in [0.15, 0.2) is 48.6 Å². The average molecular weight is 268 g/mol. The molecule has 0 aromatic heterocycles. The van der Waals surface area contributed by atoms with Gasteiger partial charge in [0.2, 0.25) is 0 Å². The van der Waals surface area contributed by atoms with E-state index in [-0.39, 0.29) is 23.4 Å². The standard InChI is InChI=1S/C18H20O2/c1-13-8-10-16(14(2)19)12-17(13)18(20)11-9-15-6-4-3-5-7-15/h3-7,9,11,16-17H,1,8,10,12H2,2H3/b11-9+/t16-,17-/m1/s1. The fourth-order valence-corrected chi connectivity index (χ4v) is 2.65. The van der Waals surface area contributed by atoms with E-state index in [1.165, 1.54) is 0 Å². The van der Waals surface area contributed by atoms with Gasteiger partial charge in [0.1, 0.15) is 5.78 Å². The monoisotopic (exact) mass is 268 g/mol. The minimum absolute atomic E-state index is 0.0135. The first kappa shape index (κ1) is 14.4. The van der Waals surface area contributed by atoms with Crippen molar-refractivity contribution in [3.8, 4) is 0 Å². The summed E-state index contributed by atoms with van der Waals surface area (Å²) in [7, 11) is 0. The SMILES string of the molecule is C=C1CC[C@@H](C(C)=O)C[C@H]1C(=O)/C=C/c1ccccc1. The van der Waals surface area contributed by atoms with Crippen molar-refractivity contribution in [2.24, 2.45) is 11.8 Å². The van der Waals surface area contributed by atoms with Crippen molar-refractivity contribution in [3.63, 3.8) is 0 Å². The smallest absolute Gasteiger partial charge is 0.162 e. The highest BCUT2D eigenvalue weighted by Crippen LogP contribution is 2.33. The summed E-state index contributed by atoms with van der Waals surface area (Å²) in [5, 5.41) is 0. The normalized spacial score (nSPS) is 22.9. The molecular formula is C18H20O2. The molecule has 1 aliphatic carbocycles. The van der Waals surface area contributed by atoms with Crippen LogP contribution in [0.3, 0.4) is 0 Å². The highest BCUT2D eigenvalue weighted by molar-refractivity contribution is 5.97. The topological polar surface area (TPSA) is 34.1 Å². The van der Waals surface area contributed by atoms with Crippen molar-refractivity contribution in [1.82, 2.24) is 0 Å². The van der Waals surface area contributed by atoms with Gasteiger partial charge in [-0.05, 0) is 37.8 Å². The summed E-state index contributed by atoms with van der Waals surface area (Å²) in [6, 6.07) is 9.74. The van der Waals surface area contributed by atoms with Crippen LogP contribution in [0.25, 0.3) is 6.08 Å². The number of hydrogen-bond acceptors (Lipinski definition) is 2. The third kappa shape index (κ3) is 3.53. The Kier molecular flexibility index (Phi) is 4.67. The first-order valence-electron chi connectivity index (χ1n) is 7.03. The molecule has 1 saturated carbocycles. The molecule has 104 valence electrons. The Morgan fingerprint density at radius 2 is 1.95 bits per heavy atom. The maximum absolute atomic E-state index is 12.3. The van der Waals surface area contributed by atoms with Crippen LogP contribution in [0, 0.1) is 11.8 Å². The van der Waals surface area contributed by atoms with E-state index in [2.05, 4.69) is 6.58 Å². The van der Waals surface area contributed by atoms with Gasteiger partial charge in [-0.25, -0.2) is 0 Å². The van der Waals surface area contributed by atoms with Crippen molar-refractivity contribution in [1.29, 1.82) is 0 Å². The molecule has 0 N–H and O–H groups in total. The summed E-state index contributed by atoms with van der Waals surface area (Å²) in [6.07, 6.45) is 5.67. The van der Waals surface area contributed by atoms with Gasteiger partial charge in [0.25, 0.3) is 0 Å². The van der Waals surface area contributed by atoms with Crippen molar-refractivity contribution in [3.05, 3.63) is 54.1 Å². The lowest BCUT2D eigenvalue weighted by Gasteiger charge is -2.28. The van der Waals surface area contributed by atoms with E-state index in [0.717, 1.165) is 24.0 Å². The number of benzene rings is 1. The number of allylic oxidation sites excluding steroid dienone is 2. The second kappa shape index (κ2) is 6.47. The molecule has 2 heteroatoms. The molecule has 0 aliphatic heterocycles. The molecule has 2 nitrogen and oxygen atoms in total. The number of hydrogen-bond donors (Lipinski definition) is 0. The molecule has 2 rings (SSSR count). The summed E-state index contributed by atoms with van der Waals surface area (Å²) >= 11 is 0. The van der Waals surface area contributed by atoms with Gasteiger partial charge in [-0.15, -0.1) is 0 Å². The zero-order chi connectivity index (χ0) is 14.5. The maximum atomic E-state index is 12.3. The van der Waals surface area contributed by atoms with Crippen molar-refractivity contribution >= 4 is 17.6 Å². The molecule has 0 amide bonds. The Balaban J connectivity index is 2.05. The van der Waals surface area contributed by atoms with Crippen LogP contribution in [0.1, 0.15) is 31.7 Å². The molecule has 0 unspecified atom stereocenters. The molecule has 20 heavy (non-hydrogen) atoms. The summed E-state index contributed by atoms with van der Waals surface area (Å²) in [5.41, 5.74) is 1.97. The fourth-order valence-electron chi connectivity index (χ4n) is 2.65. The summed E-state index contributed by atoms with van der Waals surface area (Å²) in [4.78, 5) is 23.8. The Morgan fingerprint density at radius 3 is 2.60 bits per heavy atom. The van der Waals surface area contributed by atoms with Crippen molar-refractivity contribution < 1.29 is 9.59 Å². The van der Waals surface area contributed by atoms with E-state index in [1.807, 2.05) is 36.4 Å². The number of carbonyl (C=O) groups excluding carboxylic acids is 2. The van der Waals surface area contributed by atoms with E-state index < -0.39 is 0 Å². The predicted molar refractivity (Wildman–Crippen MR) is 81.1 cm³/mol. The molecule has 0 spiro atoms. The maximum Gasteiger partial charge on any atom is 0.162 e. The first-order valence-corrected chi connectivity index (χ1v) is 7.03. The fraction of sp³-hybridized carbons (Fsp3) is 0.333. The minimum Gasteiger partial charge on any atom is -0.300 e. The van der Waals surface area contributed by atoms with Crippen molar-refractivity contribution in [2.45, 2.75) is 26.2 Å². The van der Waals surface area contributed by atoms with Crippen molar-refractivity contribution in [2.75, 3.05) is 0 Å². The number of rotatable bonds is 4. The summed E-state index contributed by atoms with van der Waals surface area (Å²) in [6.45, 7) is 5.61. The third-order valence-corrected chi connectivity index (χ3v) is 3.98. The number of Topliss-reactive ketones (excluding diaryl/α,β-unsaturated/α-hetero) is 1. The molecule has 0 bridgehead atoms. The molecule has 2 atom stereocenters. The first-order chi connectivity index (χ1) is 9.58. The minimum atomic E-state index is -0.197. The second-order valence-electron chi connectivity index (χ2n) is 5.44. The molecule has 1 aromatic carbocycles. The Labute approximate surface area is 120 Å². The van der Waals surface area contributed by atoms with Gasteiger partial charge in [0.15, 0.2) is 5.78 Å². The van der Waals surface area contributed by atoms with Crippen LogP contribution in [-0.4, -0.2) is 11.6 Å². The van der Waals surface area contributed by atoms with Gasteiger partial charge in [0.05, 0.1) is 0 Å². The molecule has 1 aliphatic rings. The van der Waals surface area contributed by atoms with Crippen LogP contribution >= 0.6 is 0 Å². The second-order valence-corrected chi connectivity index (χ2v) is 5.44. The summed E-state index contributed by atoms with van der Waals surface area (Å²) in [5.74, 6) is 0.0596.